The number of para-hydroxylation sites is 1. The van der Waals surface area contributed by atoms with Gasteiger partial charge in [-0.25, -0.2) is 18.4 Å². The van der Waals surface area contributed by atoms with Crippen LogP contribution in [0, 0.1) is 0 Å². The number of rotatable bonds is 11. The van der Waals surface area contributed by atoms with Crippen LogP contribution in [0.15, 0.2) is 30.6 Å². The molecule has 3 aromatic rings. The van der Waals surface area contributed by atoms with Gasteiger partial charge in [0.2, 0.25) is 16.0 Å². The smallest absolute Gasteiger partial charge is 0.243 e. The molecule has 2 atom stereocenters. The van der Waals surface area contributed by atoms with Gasteiger partial charge in [0.25, 0.3) is 0 Å². The highest BCUT2D eigenvalue weighted by Gasteiger charge is 2.32. The van der Waals surface area contributed by atoms with Crippen LogP contribution >= 0.6 is 11.6 Å². The molecule has 0 radical (unpaired) electrons. The van der Waals surface area contributed by atoms with Crippen LogP contribution in [0.4, 0.5) is 5.95 Å². The second-order valence-corrected chi connectivity index (χ2v) is 10.5. The zero-order valence-corrected chi connectivity index (χ0v) is 22.0. The van der Waals surface area contributed by atoms with Crippen molar-refractivity contribution in [2.24, 2.45) is 0 Å². The molecule has 0 fully saturated rings. The maximum Gasteiger partial charge on any atom is 0.243 e. The summed E-state index contributed by atoms with van der Waals surface area (Å²) in [6.45, 7) is 7.14. The van der Waals surface area contributed by atoms with Crippen molar-refractivity contribution in [3.05, 3.63) is 47.3 Å². The molecule has 0 amide bonds. The zero-order valence-electron chi connectivity index (χ0n) is 20.4. The molecule has 190 valence electrons. The first-order valence-electron chi connectivity index (χ1n) is 10.8. The monoisotopic (exact) mass is 524 g/mol. The minimum atomic E-state index is -3.97. The lowest BCUT2D eigenvalue weighted by Crippen LogP contribution is -2.31. The van der Waals surface area contributed by atoms with Gasteiger partial charge >= 0.3 is 0 Å². The fraction of sp³-hybridized carbons (Fsp3) is 0.455. The molecule has 0 saturated carbocycles. The number of halogens is 1. The van der Waals surface area contributed by atoms with E-state index in [0.29, 0.717) is 33.9 Å². The van der Waals surface area contributed by atoms with Gasteiger partial charge in [0, 0.05) is 18.3 Å². The standard InChI is InChI=1S/C22H29ClN6O5S/c1-13(2)34-12-19-26-27-22(29(19)20-17(32-5)8-7-9-18(20)33-6)28-35(30,31)15(4)14(3)21-24-10-16(23)11-25-21/h7-11,13-15H,12H2,1-6H3,(H,27,28)/t14-,15-/m0/s1. The highest BCUT2D eigenvalue weighted by molar-refractivity contribution is 7.93. The Morgan fingerprint density at radius 2 is 1.63 bits per heavy atom. The molecule has 35 heavy (non-hydrogen) atoms. The van der Waals surface area contributed by atoms with Gasteiger partial charge in [-0.15, -0.1) is 10.2 Å². The summed E-state index contributed by atoms with van der Waals surface area (Å²) >= 11 is 5.86. The third-order valence-electron chi connectivity index (χ3n) is 5.38. The van der Waals surface area contributed by atoms with Crippen molar-refractivity contribution >= 4 is 27.6 Å². The van der Waals surface area contributed by atoms with E-state index in [1.165, 1.54) is 31.2 Å². The van der Waals surface area contributed by atoms with Crippen molar-refractivity contribution in [1.82, 2.24) is 24.7 Å². The van der Waals surface area contributed by atoms with Crippen LogP contribution in [0.5, 0.6) is 11.5 Å². The maximum absolute atomic E-state index is 13.4. The Bertz CT molecular complexity index is 1230. The first-order chi connectivity index (χ1) is 16.6. The van der Waals surface area contributed by atoms with Crippen LogP contribution in [0.25, 0.3) is 5.69 Å². The summed E-state index contributed by atoms with van der Waals surface area (Å²) in [6, 6.07) is 5.22. The van der Waals surface area contributed by atoms with E-state index < -0.39 is 21.2 Å². The molecule has 2 heterocycles. The summed E-state index contributed by atoms with van der Waals surface area (Å²) in [4.78, 5) is 8.31. The topological polar surface area (TPSA) is 130 Å². The summed E-state index contributed by atoms with van der Waals surface area (Å²) in [5.41, 5.74) is 0.435. The minimum Gasteiger partial charge on any atom is -0.494 e. The molecule has 0 spiro atoms. The molecule has 11 nitrogen and oxygen atoms in total. The van der Waals surface area contributed by atoms with Crippen LogP contribution in [0.2, 0.25) is 5.02 Å². The van der Waals surface area contributed by atoms with Gasteiger partial charge in [-0.2, -0.15) is 0 Å². The Balaban J connectivity index is 2.04. The van der Waals surface area contributed by atoms with Crippen molar-refractivity contribution in [2.45, 2.75) is 51.6 Å². The van der Waals surface area contributed by atoms with Gasteiger partial charge in [0.05, 0.1) is 30.6 Å². The second kappa shape index (κ2) is 11.2. The van der Waals surface area contributed by atoms with Crippen LogP contribution in [0.3, 0.4) is 0 Å². The predicted octanol–water partition coefficient (Wildman–Crippen LogP) is 3.59. The van der Waals surface area contributed by atoms with E-state index in [9.17, 15) is 8.42 Å². The van der Waals surface area contributed by atoms with Crippen LogP contribution in [0.1, 0.15) is 45.3 Å². The van der Waals surface area contributed by atoms with E-state index >= 15 is 0 Å². The summed E-state index contributed by atoms with van der Waals surface area (Å²) in [5, 5.41) is 7.75. The minimum absolute atomic E-state index is 0.0359. The molecule has 1 aromatic carbocycles. The second-order valence-electron chi connectivity index (χ2n) is 8.05. The van der Waals surface area contributed by atoms with E-state index in [0.717, 1.165) is 0 Å². The zero-order chi connectivity index (χ0) is 25.8. The van der Waals surface area contributed by atoms with Crippen molar-refractivity contribution in [3.63, 3.8) is 0 Å². The largest absolute Gasteiger partial charge is 0.494 e. The number of anilines is 1. The molecule has 2 aromatic heterocycles. The average Bonchev–Trinajstić information content (AvgIpc) is 3.22. The quantitative estimate of drug-likeness (QED) is 0.399. The summed E-state index contributed by atoms with van der Waals surface area (Å²) < 4.78 is 47.6. The first-order valence-corrected chi connectivity index (χ1v) is 12.8. The fourth-order valence-electron chi connectivity index (χ4n) is 3.26. The number of ether oxygens (including phenoxy) is 3. The molecule has 0 aliphatic carbocycles. The molecule has 13 heteroatoms. The Hall–Kier alpha value is -2.96. The normalized spacial score (nSPS) is 13.5. The van der Waals surface area contributed by atoms with Gasteiger partial charge in [-0.05, 0) is 32.9 Å². The van der Waals surface area contributed by atoms with E-state index in [2.05, 4.69) is 24.9 Å². The number of hydrogen-bond acceptors (Lipinski definition) is 9. The first kappa shape index (κ1) is 26.6. The third-order valence-corrected chi connectivity index (χ3v) is 7.43. The lowest BCUT2D eigenvalue weighted by molar-refractivity contribution is 0.0604. The van der Waals surface area contributed by atoms with E-state index in [-0.39, 0.29) is 18.7 Å². The molecule has 1 N–H and O–H groups in total. The Kier molecular flexibility index (Phi) is 8.51. The number of nitrogens with zero attached hydrogens (tertiary/aromatic N) is 5. The van der Waals surface area contributed by atoms with Crippen molar-refractivity contribution in [3.8, 4) is 17.2 Å². The molecule has 0 aliphatic heterocycles. The number of methoxy groups -OCH3 is 2. The van der Waals surface area contributed by atoms with E-state index in [1.54, 1.807) is 32.0 Å². The number of hydrogen-bond donors (Lipinski definition) is 1. The number of aromatic nitrogens is 5. The number of sulfonamides is 1. The molecule has 0 bridgehead atoms. The lowest BCUT2D eigenvalue weighted by atomic mass is 10.1. The highest BCUT2D eigenvalue weighted by Crippen LogP contribution is 2.36. The Morgan fingerprint density at radius 3 is 2.17 bits per heavy atom. The van der Waals surface area contributed by atoms with Gasteiger partial charge in [0.15, 0.2) is 5.82 Å². The van der Waals surface area contributed by atoms with Gasteiger partial charge in [-0.1, -0.05) is 24.6 Å². The van der Waals surface area contributed by atoms with Gasteiger partial charge in [0.1, 0.15) is 29.6 Å². The fourth-order valence-corrected chi connectivity index (χ4v) is 4.59. The molecular formula is C22H29ClN6O5S. The maximum atomic E-state index is 13.4. The predicted molar refractivity (Wildman–Crippen MR) is 132 cm³/mol. The third kappa shape index (κ3) is 6.00. The highest BCUT2D eigenvalue weighted by atomic mass is 35.5. The molecule has 0 saturated heterocycles. The van der Waals surface area contributed by atoms with Gasteiger partial charge in [-0.3, -0.25) is 9.29 Å². The summed E-state index contributed by atoms with van der Waals surface area (Å²) in [6.07, 6.45) is 2.78. The SMILES string of the molecule is COc1cccc(OC)c1-n1c(COC(C)C)nnc1NS(=O)(=O)[C@@H](C)[C@H](C)c1ncc(Cl)cn1. The summed E-state index contributed by atoms with van der Waals surface area (Å²) in [5.74, 6) is 1.02. The molecule has 0 aliphatic rings. The summed E-state index contributed by atoms with van der Waals surface area (Å²) in [7, 11) is -0.954. The van der Waals surface area contributed by atoms with Crippen LogP contribution in [-0.4, -0.2) is 58.7 Å². The number of benzene rings is 1. The molecular weight excluding hydrogens is 496 g/mol. The number of nitrogens with one attached hydrogen (secondary N) is 1. The van der Waals surface area contributed by atoms with E-state index in [4.69, 9.17) is 25.8 Å². The molecule has 3 rings (SSSR count). The van der Waals surface area contributed by atoms with Crippen molar-refractivity contribution < 1.29 is 22.6 Å². The Morgan fingerprint density at radius 1 is 1.03 bits per heavy atom. The molecule has 0 unspecified atom stereocenters. The van der Waals surface area contributed by atoms with E-state index in [1.807, 2.05) is 13.8 Å². The van der Waals surface area contributed by atoms with Gasteiger partial charge < -0.3 is 14.2 Å². The Labute approximate surface area is 209 Å². The average molecular weight is 525 g/mol. The van der Waals surface area contributed by atoms with Crippen molar-refractivity contribution in [2.75, 3.05) is 18.9 Å². The van der Waals surface area contributed by atoms with Crippen LogP contribution < -0.4 is 14.2 Å². The van der Waals surface area contributed by atoms with Crippen molar-refractivity contribution in [1.29, 1.82) is 0 Å². The van der Waals surface area contributed by atoms with Crippen LogP contribution in [-0.2, 0) is 21.4 Å². The lowest BCUT2D eigenvalue weighted by Gasteiger charge is -2.21.